The predicted molar refractivity (Wildman–Crippen MR) is 69.5 cm³/mol. The highest BCUT2D eigenvalue weighted by atomic mass is 14.9. The molecule has 2 nitrogen and oxygen atoms in total. The second-order valence-corrected chi connectivity index (χ2v) is 4.95. The van der Waals surface area contributed by atoms with E-state index in [2.05, 4.69) is 55.3 Å². The molecule has 0 saturated heterocycles. The molecule has 2 N–H and O–H groups in total. The third kappa shape index (κ3) is 2.27. The van der Waals surface area contributed by atoms with Gasteiger partial charge in [0.05, 0.1) is 0 Å². The Hall–Kier alpha value is -1.28. The molecule has 0 atom stereocenters. The number of aromatic amines is 1. The summed E-state index contributed by atoms with van der Waals surface area (Å²) < 4.78 is 0. The molecule has 1 aromatic carbocycles. The van der Waals surface area contributed by atoms with Crippen LogP contribution in [-0.2, 0) is 6.54 Å². The van der Waals surface area contributed by atoms with Crippen molar-refractivity contribution in [3.63, 3.8) is 0 Å². The number of nitrogens with one attached hydrogen (secondary N) is 2. The van der Waals surface area contributed by atoms with Gasteiger partial charge in [-0.05, 0) is 37.3 Å². The SMILES string of the molecule is CCC(C)(C)NCc1cccc2cc[nH]c12. The third-order valence-electron chi connectivity index (χ3n) is 3.31. The van der Waals surface area contributed by atoms with Crippen molar-refractivity contribution in [2.24, 2.45) is 0 Å². The minimum Gasteiger partial charge on any atom is -0.361 e. The molecule has 0 bridgehead atoms. The van der Waals surface area contributed by atoms with Crippen LogP contribution in [-0.4, -0.2) is 10.5 Å². The molecule has 2 heteroatoms. The van der Waals surface area contributed by atoms with Crippen molar-refractivity contribution in [3.8, 4) is 0 Å². The number of rotatable bonds is 4. The van der Waals surface area contributed by atoms with Crippen molar-refractivity contribution < 1.29 is 0 Å². The van der Waals surface area contributed by atoms with Crippen LogP contribution >= 0.6 is 0 Å². The van der Waals surface area contributed by atoms with Crippen molar-refractivity contribution in [2.45, 2.75) is 39.3 Å². The Morgan fingerprint density at radius 2 is 2.06 bits per heavy atom. The Morgan fingerprint density at radius 3 is 2.81 bits per heavy atom. The number of para-hydroxylation sites is 1. The zero-order chi connectivity index (χ0) is 11.6. The van der Waals surface area contributed by atoms with Gasteiger partial charge in [-0.3, -0.25) is 0 Å². The molecule has 0 unspecified atom stereocenters. The molecule has 2 aromatic rings. The number of H-pyrrole nitrogens is 1. The molecule has 0 aliphatic heterocycles. The summed E-state index contributed by atoms with van der Waals surface area (Å²) in [6, 6.07) is 8.55. The van der Waals surface area contributed by atoms with E-state index in [1.54, 1.807) is 0 Å². The first-order valence-electron chi connectivity index (χ1n) is 5.92. The number of fused-ring (bicyclic) bond motifs is 1. The summed E-state index contributed by atoms with van der Waals surface area (Å²) in [5, 5.41) is 4.87. The molecule has 0 fully saturated rings. The van der Waals surface area contributed by atoms with Crippen LogP contribution in [0.25, 0.3) is 10.9 Å². The van der Waals surface area contributed by atoms with Gasteiger partial charge in [0.2, 0.25) is 0 Å². The first kappa shape index (κ1) is 11.2. The van der Waals surface area contributed by atoms with Gasteiger partial charge in [-0.25, -0.2) is 0 Å². The Balaban J connectivity index is 2.18. The van der Waals surface area contributed by atoms with Gasteiger partial charge < -0.3 is 10.3 Å². The number of hydrogen-bond acceptors (Lipinski definition) is 1. The van der Waals surface area contributed by atoms with E-state index >= 15 is 0 Å². The minimum absolute atomic E-state index is 0.203. The van der Waals surface area contributed by atoms with E-state index in [9.17, 15) is 0 Å². The number of aromatic nitrogens is 1. The first-order chi connectivity index (χ1) is 7.62. The fourth-order valence-corrected chi connectivity index (χ4v) is 1.76. The van der Waals surface area contributed by atoms with Gasteiger partial charge in [0, 0.05) is 23.8 Å². The van der Waals surface area contributed by atoms with E-state index < -0.39 is 0 Å². The average molecular weight is 216 g/mol. The second kappa shape index (κ2) is 4.30. The van der Waals surface area contributed by atoms with Gasteiger partial charge in [-0.15, -0.1) is 0 Å². The molecule has 1 aromatic heterocycles. The van der Waals surface area contributed by atoms with E-state index in [0.29, 0.717) is 0 Å². The maximum absolute atomic E-state index is 3.59. The van der Waals surface area contributed by atoms with Gasteiger partial charge in [0.25, 0.3) is 0 Å². The summed E-state index contributed by atoms with van der Waals surface area (Å²) in [6.07, 6.45) is 3.13. The fraction of sp³-hybridized carbons (Fsp3) is 0.429. The molecular formula is C14H20N2. The third-order valence-corrected chi connectivity index (χ3v) is 3.31. The zero-order valence-corrected chi connectivity index (χ0v) is 10.3. The molecule has 86 valence electrons. The Kier molecular flexibility index (Phi) is 3.01. The molecule has 1 heterocycles. The Labute approximate surface area is 97.1 Å². The van der Waals surface area contributed by atoms with Gasteiger partial charge >= 0.3 is 0 Å². The summed E-state index contributed by atoms with van der Waals surface area (Å²) >= 11 is 0. The molecule has 0 aliphatic carbocycles. The fourth-order valence-electron chi connectivity index (χ4n) is 1.76. The van der Waals surface area contributed by atoms with Crippen LogP contribution in [0, 0.1) is 0 Å². The topological polar surface area (TPSA) is 27.8 Å². The Bertz CT molecular complexity index is 468. The van der Waals surface area contributed by atoms with Gasteiger partial charge in [-0.1, -0.05) is 25.1 Å². The second-order valence-electron chi connectivity index (χ2n) is 4.95. The van der Waals surface area contributed by atoms with Gasteiger partial charge in [0.15, 0.2) is 0 Å². The molecule has 2 rings (SSSR count). The predicted octanol–water partition coefficient (Wildman–Crippen LogP) is 3.45. The van der Waals surface area contributed by atoms with E-state index in [1.165, 1.54) is 16.5 Å². The highest BCUT2D eigenvalue weighted by molar-refractivity contribution is 5.82. The standard InChI is InChI=1S/C14H20N2/c1-4-14(2,3)16-10-12-7-5-6-11-8-9-15-13(11)12/h5-9,15-16H,4,10H2,1-3H3. The Morgan fingerprint density at radius 1 is 1.25 bits per heavy atom. The summed E-state index contributed by atoms with van der Waals surface area (Å²) in [7, 11) is 0. The van der Waals surface area contributed by atoms with Crippen molar-refractivity contribution in [2.75, 3.05) is 0 Å². The summed E-state index contributed by atoms with van der Waals surface area (Å²) in [6.45, 7) is 7.60. The molecule has 0 spiro atoms. The smallest absolute Gasteiger partial charge is 0.0499 e. The maximum Gasteiger partial charge on any atom is 0.0499 e. The lowest BCUT2D eigenvalue weighted by Gasteiger charge is -2.24. The van der Waals surface area contributed by atoms with Crippen molar-refractivity contribution >= 4 is 10.9 Å². The van der Waals surface area contributed by atoms with Crippen molar-refractivity contribution in [1.29, 1.82) is 0 Å². The lowest BCUT2D eigenvalue weighted by molar-refractivity contribution is 0.375. The van der Waals surface area contributed by atoms with E-state index in [1.807, 2.05) is 6.20 Å². The molecular weight excluding hydrogens is 196 g/mol. The van der Waals surface area contributed by atoms with Crippen LogP contribution in [0.15, 0.2) is 30.5 Å². The molecule has 16 heavy (non-hydrogen) atoms. The average Bonchev–Trinajstić information content (AvgIpc) is 2.75. The van der Waals surface area contributed by atoms with Crippen LogP contribution in [0.4, 0.5) is 0 Å². The van der Waals surface area contributed by atoms with Crippen LogP contribution in [0.1, 0.15) is 32.8 Å². The first-order valence-corrected chi connectivity index (χ1v) is 5.92. The minimum atomic E-state index is 0.203. The normalized spacial score (nSPS) is 12.2. The molecule has 0 saturated carbocycles. The monoisotopic (exact) mass is 216 g/mol. The highest BCUT2D eigenvalue weighted by Crippen LogP contribution is 2.18. The van der Waals surface area contributed by atoms with Crippen molar-refractivity contribution in [1.82, 2.24) is 10.3 Å². The lowest BCUT2D eigenvalue weighted by Crippen LogP contribution is -2.37. The van der Waals surface area contributed by atoms with Crippen molar-refractivity contribution in [3.05, 3.63) is 36.0 Å². The molecule has 0 radical (unpaired) electrons. The number of benzene rings is 1. The van der Waals surface area contributed by atoms with Gasteiger partial charge in [0.1, 0.15) is 0 Å². The van der Waals surface area contributed by atoms with Crippen LogP contribution in [0.2, 0.25) is 0 Å². The largest absolute Gasteiger partial charge is 0.361 e. The zero-order valence-electron chi connectivity index (χ0n) is 10.3. The molecule has 0 aliphatic rings. The summed E-state index contributed by atoms with van der Waals surface area (Å²) in [4.78, 5) is 3.30. The van der Waals surface area contributed by atoms with E-state index in [4.69, 9.17) is 0 Å². The van der Waals surface area contributed by atoms with E-state index in [-0.39, 0.29) is 5.54 Å². The number of hydrogen-bond donors (Lipinski definition) is 2. The lowest BCUT2D eigenvalue weighted by atomic mass is 10.0. The summed E-state index contributed by atoms with van der Waals surface area (Å²) in [5.41, 5.74) is 2.79. The van der Waals surface area contributed by atoms with Crippen LogP contribution in [0.5, 0.6) is 0 Å². The van der Waals surface area contributed by atoms with Gasteiger partial charge in [-0.2, -0.15) is 0 Å². The maximum atomic E-state index is 3.59. The molecule has 0 amide bonds. The van der Waals surface area contributed by atoms with Crippen LogP contribution in [0.3, 0.4) is 0 Å². The quantitative estimate of drug-likeness (QED) is 0.805. The van der Waals surface area contributed by atoms with E-state index in [0.717, 1.165) is 13.0 Å². The summed E-state index contributed by atoms with van der Waals surface area (Å²) in [5.74, 6) is 0. The van der Waals surface area contributed by atoms with Crippen LogP contribution < -0.4 is 5.32 Å². The highest BCUT2D eigenvalue weighted by Gasteiger charge is 2.14.